The number of hydrogen-bond donors (Lipinski definition) is 0. The van der Waals surface area contributed by atoms with E-state index in [9.17, 15) is 0 Å². The number of hydrogen-bond acceptors (Lipinski definition) is 4. The van der Waals surface area contributed by atoms with Gasteiger partial charge >= 0.3 is 25.8 Å². The molecule has 15 heavy (non-hydrogen) atoms. The molecular formula is C8H23NO3Si3. The quantitative estimate of drug-likeness (QED) is 0.714. The molecule has 0 N–H and O–H groups in total. The van der Waals surface area contributed by atoms with Crippen molar-refractivity contribution in [3.63, 3.8) is 0 Å². The van der Waals surface area contributed by atoms with E-state index in [4.69, 9.17) is 12.3 Å². The summed E-state index contributed by atoms with van der Waals surface area (Å²) < 4.78 is 20.5. The molecule has 0 aromatic heterocycles. The monoisotopic (exact) mass is 265 g/mol. The summed E-state index contributed by atoms with van der Waals surface area (Å²) in [5, 5.41) is 0. The van der Waals surface area contributed by atoms with E-state index in [0.29, 0.717) is 0 Å². The Morgan fingerprint density at radius 1 is 0.867 bits per heavy atom. The maximum atomic E-state index is 6.14. The highest BCUT2D eigenvalue weighted by Gasteiger charge is 2.54. The fourth-order valence-corrected chi connectivity index (χ4v) is 17.5. The van der Waals surface area contributed by atoms with Crippen molar-refractivity contribution in [2.75, 3.05) is 13.6 Å². The van der Waals surface area contributed by atoms with Gasteiger partial charge in [0, 0.05) is 0 Å². The van der Waals surface area contributed by atoms with E-state index < -0.39 is 25.8 Å². The average molecular weight is 266 g/mol. The smallest absolute Gasteiger partial charge is 0.406 e. The minimum Gasteiger partial charge on any atom is -0.416 e. The van der Waals surface area contributed by atoms with Gasteiger partial charge in [-0.15, -0.1) is 0 Å². The summed E-state index contributed by atoms with van der Waals surface area (Å²) in [7, 11) is -4.07. The van der Waals surface area contributed by atoms with Gasteiger partial charge in [0.2, 0.25) is 0 Å². The number of nitrogens with zero attached hydrogens (tertiary/aromatic N) is 1. The van der Waals surface area contributed by atoms with Crippen molar-refractivity contribution in [3.05, 3.63) is 0 Å². The SMILES string of the molecule is CCN(C)[Si]1(C)O[Si](C)(C)O[Si](C)(C)O1. The van der Waals surface area contributed by atoms with Gasteiger partial charge in [0.1, 0.15) is 0 Å². The van der Waals surface area contributed by atoms with Crippen LogP contribution in [0.25, 0.3) is 0 Å². The second-order valence-corrected chi connectivity index (χ2v) is 15.6. The molecule has 1 aliphatic rings. The maximum Gasteiger partial charge on any atom is 0.406 e. The molecule has 0 unspecified atom stereocenters. The van der Waals surface area contributed by atoms with Crippen LogP contribution in [0.4, 0.5) is 0 Å². The lowest BCUT2D eigenvalue weighted by molar-refractivity contribution is 0.186. The van der Waals surface area contributed by atoms with Gasteiger partial charge in [-0.1, -0.05) is 6.92 Å². The molecule has 1 fully saturated rings. The van der Waals surface area contributed by atoms with Gasteiger partial charge < -0.3 is 12.3 Å². The summed E-state index contributed by atoms with van der Waals surface area (Å²) in [5.74, 6) is 0. The molecule has 0 atom stereocenters. The van der Waals surface area contributed by atoms with Gasteiger partial charge in [0.05, 0.1) is 0 Å². The van der Waals surface area contributed by atoms with E-state index in [2.05, 4.69) is 51.3 Å². The molecule has 0 aromatic carbocycles. The lowest BCUT2D eigenvalue weighted by atomic mass is 10.8. The van der Waals surface area contributed by atoms with Gasteiger partial charge in [-0.05, 0) is 46.3 Å². The molecule has 1 heterocycles. The van der Waals surface area contributed by atoms with E-state index in [1.807, 2.05) is 0 Å². The summed E-state index contributed by atoms with van der Waals surface area (Å²) in [6.07, 6.45) is 0. The Kier molecular flexibility index (Phi) is 3.67. The van der Waals surface area contributed by atoms with Crippen molar-refractivity contribution in [3.8, 4) is 0 Å². The molecule has 0 amide bonds. The van der Waals surface area contributed by atoms with E-state index in [0.717, 1.165) is 6.54 Å². The molecule has 0 radical (unpaired) electrons. The van der Waals surface area contributed by atoms with Gasteiger partial charge in [-0.2, -0.15) is 0 Å². The van der Waals surface area contributed by atoms with Crippen molar-refractivity contribution in [2.24, 2.45) is 0 Å². The van der Waals surface area contributed by atoms with E-state index in [-0.39, 0.29) is 0 Å². The van der Waals surface area contributed by atoms with Crippen molar-refractivity contribution in [1.29, 1.82) is 0 Å². The van der Waals surface area contributed by atoms with Crippen LogP contribution < -0.4 is 0 Å². The second-order valence-electron chi connectivity index (χ2n) is 5.02. The standard InChI is InChI=1S/C8H23NO3Si3/c1-8-9(2)15(7)11-13(3,4)10-14(5,6)12-15/h8H2,1-7H3. The van der Waals surface area contributed by atoms with Crippen LogP contribution in [-0.4, -0.2) is 44.0 Å². The highest BCUT2D eigenvalue weighted by molar-refractivity contribution is 6.91. The summed E-state index contributed by atoms with van der Waals surface area (Å²) in [6.45, 7) is 13.7. The fraction of sp³-hybridized carbons (Fsp3) is 1.00. The molecule has 90 valence electrons. The van der Waals surface area contributed by atoms with Crippen LogP contribution in [0.5, 0.6) is 0 Å². The first-order chi connectivity index (χ1) is 6.60. The molecule has 1 rings (SSSR count). The molecule has 0 bridgehead atoms. The molecule has 0 saturated carbocycles. The lowest BCUT2D eigenvalue weighted by Gasteiger charge is -2.50. The first-order valence-electron chi connectivity index (χ1n) is 5.42. The van der Waals surface area contributed by atoms with Gasteiger partial charge in [-0.25, -0.2) is 0 Å². The highest BCUT2D eigenvalue weighted by Crippen LogP contribution is 2.31. The van der Waals surface area contributed by atoms with Crippen LogP contribution >= 0.6 is 0 Å². The maximum absolute atomic E-state index is 6.14. The zero-order chi connectivity index (χ0) is 11.9. The van der Waals surface area contributed by atoms with Crippen molar-refractivity contribution in [1.82, 2.24) is 4.57 Å². The second kappa shape index (κ2) is 4.06. The first-order valence-corrected chi connectivity index (χ1v) is 13.3. The molecule has 0 spiro atoms. The number of rotatable bonds is 2. The molecule has 7 heteroatoms. The Labute approximate surface area is 96.4 Å². The van der Waals surface area contributed by atoms with E-state index >= 15 is 0 Å². The molecule has 1 aliphatic heterocycles. The normalized spacial score (nSPS) is 28.0. The Morgan fingerprint density at radius 3 is 1.60 bits per heavy atom. The summed E-state index contributed by atoms with van der Waals surface area (Å²) >= 11 is 0. The lowest BCUT2D eigenvalue weighted by Crippen LogP contribution is -2.71. The van der Waals surface area contributed by atoms with Gasteiger partial charge in [-0.3, -0.25) is 4.57 Å². The van der Waals surface area contributed by atoms with Gasteiger partial charge in [0.15, 0.2) is 0 Å². The first kappa shape index (κ1) is 13.6. The molecule has 1 saturated heterocycles. The summed E-state index contributed by atoms with van der Waals surface area (Å²) in [4.78, 5) is 0. The molecule has 0 aliphatic carbocycles. The van der Waals surface area contributed by atoms with Crippen molar-refractivity contribution >= 4 is 25.8 Å². The Balaban J connectivity index is 2.92. The van der Waals surface area contributed by atoms with Crippen molar-refractivity contribution < 1.29 is 12.3 Å². The Morgan fingerprint density at radius 2 is 1.27 bits per heavy atom. The zero-order valence-electron chi connectivity index (χ0n) is 10.9. The molecule has 4 nitrogen and oxygen atoms in total. The van der Waals surface area contributed by atoms with Crippen LogP contribution in [0.3, 0.4) is 0 Å². The molecular weight excluding hydrogens is 242 g/mol. The summed E-state index contributed by atoms with van der Waals surface area (Å²) in [6, 6.07) is 0. The third-order valence-corrected chi connectivity index (χ3v) is 15.1. The van der Waals surface area contributed by atoms with Crippen LogP contribution in [0.15, 0.2) is 0 Å². The largest absolute Gasteiger partial charge is 0.416 e. The summed E-state index contributed by atoms with van der Waals surface area (Å²) in [5.41, 5.74) is 0. The van der Waals surface area contributed by atoms with Crippen LogP contribution in [0.2, 0.25) is 32.7 Å². The third kappa shape index (κ3) is 3.22. The van der Waals surface area contributed by atoms with Crippen LogP contribution in [0.1, 0.15) is 6.92 Å². The third-order valence-electron chi connectivity index (χ3n) is 2.53. The Hall–Kier alpha value is 0.491. The Bertz CT molecular complexity index is 231. The molecule has 0 aromatic rings. The zero-order valence-corrected chi connectivity index (χ0v) is 13.9. The minimum absolute atomic E-state index is 0.956. The van der Waals surface area contributed by atoms with Crippen LogP contribution in [-0.2, 0) is 12.3 Å². The predicted octanol–water partition coefficient (Wildman–Crippen LogP) is 1.97. The topological polar surface area (TPSA) is 30.9 Å². The highest BCUT2D eigenvalue weighted by atomic mass is 28.5. The van der Waals surface area contributed by atoms with Crippen LogP contribution in [0, 0.1) is 0 Å². The van der Waals surface area contributed by atoms with E-state index in [1.54, 1.807) is 0 Å². The average Bonchev–Trinajstić information content (AvgIpc) is 1.95. The van der Waals surface area contributed by atoms with E-state index in [1.165, 1.54) is 0 Å². The van der Waals surface area contributed by atoms with Gasteiger partial charge in [0.25, 0.3) is 0 Å². The fourth-order valence-electron chi connectivity index (χ4n) is 2.01. The minimum atomic E-state index is -2.18. The van der Waals surface area contributed by atoms with Crippen molar-refractivity contribution in [2.45, 2.75) is 39.7 Å². The predicted molar refractivity (Wildman–Crippen MR) is 68.1 cm³/mol.